The number of carbonyl (C=O) groups is 2. The predicted octanol–water partition coefficient (Wildman–Crippen LogP) is 3.85. The van der Waals surface area contributed by atoms with E-state index in [2.05, 4.69) is 31.5 Å². The van der Waals surface area contributed by atoms with E-state index >= 15 is 0 Å². The average Bonchev–Trinajstić information content (AvgIpc) is 3.18. The van der Waals surface area contributed by atoms with Crippen molar-refractivity contribution in [3.8, 4) is 0 Å². The lowest BCUT2D eigenvalue weighted by Crippen LogP contribution is -2.32. The first-order valence-corrected chi connectivity index (χ1v) is 8.76. The Bertz CT molecular complexity index is 968. The Hall–Kier alpha value is -2.61. The minimum absolute atomic E-state index is 0.128. The van der Waals surface area contributed by atoms with Crippen molar-refractivity contribution < 1.29 is 18.4 Å². The Morgan fingerprint density at radius 2 is 1.92 bits per heavy atom. The molecule has 0 atom stereocenters. The van der Waals surface area contributed by atoms with Crippen molar-refractivity contribution in [3.63, 3.8) is 0 Å². The van der Waals surface area contributed by atoms with E-state index < -0.39 is 5.91 Å². The van der Waals surface area contributed by atoms with E-state index in [-0.39, 0.29) is 23.6 Å². The van der Waals surface area contributed by atoms with Crippen LogP contribution < -0.4 is 10.6 Å². The molecule has 0 saturated carbocycles. The second kappa shape index (κ2) is 6.95. The molecular formula is C18H18BrN3O4. The molecule has 2 aromatic heterocycles. The van der Waals surface area contributed by atoms with Crippen molar-refractivity contribution in [2.24, 2.45) is 0 Å². The third-order valence-corrected chi connectivity index (χ3v) is 3.95. The van der Waals surface area contributed by atoms with Gasteiger partial charge >= 0.3 is 0 Å². The van der Waals surface area contributed by atoms with E-state index in [1.807, 2.05) is 20.8 Å². The molecule has 0 fully saturated rings. The van der Waals surface area contributed by atoms with Crippen LogP contribution in [0.25, 0.3) is 11.1 Å². The molecule has 0 unspecified atom stereocenters. The maximum Gasteiger partial charge on any atom is 0.287 e. The van der Waals surface area contributed by atoms with Gasteiger partial charge in [-0.15, -0.1) is 0 Å². The Morgan fingerprint density at radius 3 is 2.58 bits per heavy atom. The van der Waals surface area contributed by atoms with Crippen LogP contribution in [0.3, 0.4) is 0 Å². The predicted molar refractivity (Wildman–Crippen MR) is 100 cm³/mol. The Balaban J connectivity index is 1.62. The number of anilines is 1. The quantitative estimate of drug-likeness (QED) is 0.668. The van der Waals surface area contributed by atoms with Crippen molar-refractivity contribution in [1.29, 1.82) is 0 Å². The summed E-state index contributed by atoms with van der Waals surface area (Å²) in [5.74, 6) is -0.0632. The lowest BCUT2D eigenvalue weighted by molar-refractivity contribution is -0.115. The number of halogens is 1. The topological polar surface area (TPSA) is 97.4 Å². The van der Waals surface area contributed by atoms with E-state index in [1.54, 1.807) is 24.3 Å². The molecule has 0 aliphatic rings. The lowest BCUT2D eigenvalue weighted by atomic mass is 9.97. The molecular weight excluding hydrogens is 402 g/mol. The molecule has 0 radical (unpaired) electrons. The summed E-state index contributed by atoms with van der Waals surface area (Å²) in [5, 5.41) is 5.21. The van der Waals surface area contributed by atoms with Crippen molar-refractivity contribution in [2.45, 2.75) is 26.2 Å². The standard InChI is InChI=1S/C18H18BrN3O4/c1-18(2,3)17-22-11-8-10(4-5-12(11)26-17)21-15(23)9-20-16(24)13-6-7-14(19)25-13/h4-8H,9H2,1-3H3,(H,20,24)(H,21,23). The summed E-state index contributed by atoms with van der Waals surface area (Å²) in [7, 11) is 0. The zero-order valence-electron chi connectivity index (χ0n) is 14.6. The number of nitrogens with zero attached hydrogens (tertiary/aromatic N) is 1. The van der Waals surface area contributed by atoms with Gasteiger partial charge in [0.25, 0.3) is 5.91 Å². The molecule has 26 heavy (non-hydrogen) atoms. The molecule has 0 bridgehead atoms. The summed E-state index contributed by atoms with van der Waals surface area (Å²) in [6.45, 7) is 5.86. The fourth-order valence-corrected chi connectivity index (χ4v) is 2.52. The zero-order chi connectivity index (χ0) is 18.9. The molecule has 136 valence electrons. The molecule has 7 nitrogen and oxygen atoms in total. The van der Waals surface area contributed by atoms with Crippen LogP contribution in [-0.4, -0.2) is 23.3 Å². The second-order valence-electron chi connectivity index (χ2n) is 6.79. The van der Waals surface area contributed by atoms with Crippen molar-refractivity contribution >= 4 is 44.5 Å². The Morgan fingerprint density at radius 1 is 1.15 bits per heavy atom. The summed E-state index contributed by atoms with van der Waals surface area (Å²) in [5.41, 5.74) is 1.70. The van der Waals surface area contributed by atoms with Gasteiger partial charge in [-0.05, 0) is 46.3 Å². The van der Waals surface area contributed by atoms with Gasteiger partial charge in [0.1, 0.15) is 5.52 Å². The number of hydrogen-bond acceptors (Lipinski definition) is 5. The van der Waals surface area contributed by atoms with Gasteiger partial charge in [0.15, 0.2) is 16.0 Å². The van der Waals surface area contributed by atoms with Crippen LogP contribution in [0.15, 0.2) is 43.8 Å². The number of rotatable bonds is 4. The molecule has 3 rings (SSSR count). The van der Waals surface area contributed by atoms with Crippen LogP contribution in [0.5, 0.6) is 0 Å². The molecule has 0 aliphatic carbocycles. The molecule has 2 N–H and O–H groups in total. The van der Waals surface area contributed by atoms with Crippen LogP contribution in [0, 0.1) is 0 Å². The number of benzene rings is 1. The van der Waals surface area contributed by atoms with E-state index in [0.29, 0.717) is 27.3 Å². The first-order valence-electron chi connectivity index (χ1n) is 7.97. The Labute approximate surface area is 158 Å². The smallest absolute Gasteiger partial charge is 0.287 e. The highest BCUT2D eigenvalue weighted by Gasteiger charge is 2.21. The minimum atomic E-state index is -0.465. The molecule has 0 aliphatic heterocycles. The number of amides is 2. The first kappa shape index (κ1) is 18.2. The number of furan rings is 1. The lowest BCUT2D eigenvalue weighted by Gasteiger charge is -2.11. The summed E-state index contributed by atoms with van der Waals surface area (Å²) in [4.78, 5) is 28.4. The number of hydrogen-bond donors (Lipinski definition) is 2. The molecule has 0 saturated heterocycles. The molecule has 2 amide bonds. The number of nitrogens with one attached hydrogen (secondary N) is 2. The second-order valence-corrected chi connectivity index (χ2v) is 7.57. The fourth-order valence-electron chi connectivity index (χ4n) is 2.22. The van der Waals surface area contributed by atoms with Crippen molar-refractivity contribution in [2.75, 3.05) is 11.9 Å². The average molecular weight is 420 g/mol. The van der Waals surface area contributed by atoms with Gasteiger partial charge < -0.3 is 19.5 Å². The summed E-state index contributed by atoms with van der Waals surface area (Å²) >= 11 is 3.12. The monoisotopic (exact) mass is 419 g/mol. The highest BCUT2D eigenvalue weighted by molar-refractivity contribution is 9.10. The van der Waals surface area contributed by atoms with Crippen LogP contribution in [-0.2, 0) is 10.2 Å². The third kappa shape index (κ3) is 4.13. The molecule has 2 heterocycles. The van der Waals surface area contributed by atoms with E-state index in [4.69, 9.17) is 8.83 Å². The zero-order valence-corrected chi connectivity index (χ0v) is 16.1. The number of fused-ring (bicyclic) bond motifs is 1. The van der Waals surface area contributed by atoms with Gasteiger partial charge in [-0.25, -0.2) is 4.98 Å². The summed E-state index contributed by atoms with van der Waals surface area (Å²) in [6.07, 6.45) is 0. The van der Waals surface area contributed by atoms with Gasteiger partial charge in [-0.3, -0.25) is 9.59 Å². The molecule has 8 heteroatoms. The maximum atomic E-state index is 12.0. The van der Waals surface area contributed by atoms with Crippen LogP contribution >= 0.6 is 15.9 Å². The highest BCUT2D eigenvalue weighted by Crippen LogP contribution is 2.27. The molecule has 3 aromatic rings. The minimum Gasteiger partial charge on any atom is -0.444 e. The third-order valence-electron chi connectivity index (χ3n) is 3.52. The number of aromatic nitrogens is 1. The molecule has 1 aromatic carbocycles. The van der Waals surface area contributed by atoms with Crippen LogP contribution in [0.4, 0.5) is 5.69 Å². The van der Waals surface area contributed by atoms with E-state index in [1.165, 1.54) is 6.07 Å². The fraction of sp³-hybridized carbons (Fsp3) is 0.278. The van der Waals surface area contributed by atoms with Crippen molar-refractivity contribution in [3.05, 3.63) is 46.7 Å². The van der Waals surface area contributed by atoms with Crippen molar-refractivity contribution in [1.82, 2.24) is 10.3 Å². The number of oxazole rings is 1. The van der Waals surface area contributed by atoms with E-state index in [9.17, 15) is 9.59 Å². The number of carbonyl (C=O) groups excluding carboxylic acids is 2. The van der Waals surface area contributed by atoms with E-state index in [0.717, 1.165) is 0 Å². The maximum absolute atomic E-state index is 12.0. The van der Waals surface area contributed by atoms with Gasteiger partial charge in [0.2, 0.25) is 11.8 Å². The van der Waals surface area contributed by atoms with Gasteiger partial charge in [-0.2, -0.15) is 0 Å². The largest absolute Gasteiger partial charge is 0.444 e. The molecule has 0 spiro atoms. The van der Waals surface area contributed by atoms with Crippen LogP contribution in [0.1, 0.15) is 37.2 Å². The van der Waals surface area contributed by atoms with Gasteiger partial charge in [-0.1, -0.05) is 20.8 Å². The summed E-state index contributed by atoms with van der Waals surface area (Å²) in [6, 6.07) is 8.34. The first-order chi connectivity index (χ1) is 12.2. The summed E-state index contributed by atoms with van der Waals surface area (Å²) < 4.78 is 11.3. The SMILES string of the molecule is CC(C)(C)c1nc2cc(NC(=O)CNC(=O)c3ccc(Br)o3)ccc2o1. The van der Waals surface area contributed by atoms with Gasteiger partial charge in [0, 0.05) is 11.1 Å². The highest BCUT2D eigenvalue weighted by atomic mass is 79.9. The van der Waals surface area contributed by atoms with Gasteiger partial charge in [0.05, 0.1) is 6.54 Å². The van der Waals surface area contributed by atoms with Crippen LogP contribution in [0.2, 0.25) is 0 Å². The Kier molecular flexibility index (Phi) is 4.86. The normalized spacial score (nSPS) is 11.5.